The third-order valence-corrected chi connectivity index (χ3v) is 4.53. The molecule has 6 nitrogen and oxygen atoms in total. The summed E-state index contributed by atoms with van der Waals surface area (Å²) in [5.74, 6) is -0.133. The van der Waals surface area contributed by atoms with E-state index in [1.807, 2.05) is 42.3 Å². The summed E-state index contributed by atoms with van der Waals surface area (Å²) in [5.41, 5.74) is 2.40. The highest BCUT2D eigenvalue weighted by atomic mass is 35.5. The van der Waals surface area contributed by atoms with Crippen molar-refractivity contribution in [3.05, 3.63) is 87.3 Å². The topological polar surface area (TPSA) is 67.2 Å². The standard InChI is InChI=1S/C20H19ClN4O2/c1-22-19(26)15-10-8-14(9-11-15)13-24(2)17-12-23-25(20(27)18(17)21)16-6-4-3-5-7-16/h3-12H,13H2,1-2H3,(H,22,26). The van der Waals surface area contributed by atoms with Gasteiger partial charge in [0.05, 0.1) is 17.6 Å². The van der Waals surface area contributed by atoms with Crippen molar-refractivity contribution in [3.63, 3.8) is 0 Å². The number of hydrogen-bond acceptors (Lipinski definition) is 4. The minimum Gasteiger partial charge on any atom is -0.368 e. The molecule has 1 aromatic heterocycles. The molecule has 2 aromatic carbocycles. The van der Waals surface area contributed by atoms with E-state index in [0.717, 1.165) is 5.56 Å². The summed E-state index contributed by atoms with van der Waals surface area (Å²) in [6, 6.07) is 16.4. The Labute approximate surface area is 162 Å². The number of benzene rings is 2. The Kier molecular flexibility index (Phi) is 5.57. The normalized spacial score (nSPS) is 10.5. The van der Waals surface area contributed by atoms with Crippen LogP contribution < -0.4 is 15.8 Å². The van der Waals surface area contributed by atoms with Crippen molar-refractivity contribution >= 4 is 23.2 Å². The van der Waals surface area contributed by atoms with Crippen molar-refractivity contribution in [3.8, 4) is 5.69 Å². The first-order chi connectivity index (χ1) is 13.0. The lowest BCUT2D eigenvalue weighted by Crippen LogP contribution is -2.26. The Morgan fingerprint density at radius 2 is 1.81 bits per heavy atom. The van der Waals surface area contributed by atoms with Crippen LogP contribution in [0.5, 0.6) is 0 Å². The lowest BCUT2D eigenvalue weighted by molar-refractivity contribution is 0.0963. The van der Waals surface area contributed by atoms with Gasteiger partial charge in [0, 0.05) is 26.2 Å². The molecular weight excluding hydrogens is 364 g/mol. The number of nitrogens with one attached hydrogen (secondary N) is 1. The summed E-state index contributed by atoms with van der Waals surface area (Å²) in [5, 5.41) is 6.94. The maximum Gasteiger partial charge on any atom is 0.292 e. The van der Waals surface area contributed by atoms with Gasteiger partial charge in [-0.2, -0.15) is 9.78 Å². The minimum absolute atomic E-state index is 0.110. The monoisotopic (exact) mass is 382 g/mol. The van der Waals surface area contributed by atoms with E-state index in [4.69, 9.17) is 11.6 Å². The van der Waals surface area contributed by atoms with Crippen LogP contribution in [-0.4, -0.2) is 29.8 Å². The third-order valence-electron chi connectivity index (χ3n) is 4.18. The molecule has 0 unspecified atom stereocenters. The van der Waals surface area contributed by atoms with Crippen LogP contribution in [-0.2, 0) is 6.54 Å². The van der Waals surface area contributed by atoms with Gasteiger partial charge in [-0.25, -0.2) is 0 Å². The average Bonchev–Trinajstić information content (AvgIpc) is 2.70. The molecule has 1 N–H and O–H groups in total. The van der Waals surface area contributed by atoms with Gasteiger partial charge in [0.1, 0.15) is 5.02 Å². The molecule has 3 aromatic rings. The predicted octanol–water partition coefficient (Wildman–Crippen LogP) is 2.88. The molecule has 1 heterocycles. The van der Waals surface area contributed by atoms with Crippen LogP contribution in [0.4, 0.5) is 5.69 Å². The molecule has 0 aliphatic carbocycles. The van der Waals surface area contributed by atoms with Crippen molar-refractivity contribution < 1.29 is 4.79 Å². The van der Waals surface area contributed by atoms with E-state index < -0.39 is 0 Å². The lowest BCUT2D eigenvalue weighted by atomic mass is 10.1. The van der Waals surface area contributed by atoms with Gasteiger partial charge in [-0.1, -0.05) is 41.9 Å². The van der Waals surface area contributed by atoms with Gasteiger partial charge in [0.2, 0.25) is 0 Å². The van der Waals surface area contributed by atoms with E-state index in [1.165, 1.54) is 4.68 Å². The molecule has 3 rings (SSSR count). The molecule has 0 radical (unpaired) electrons. The van der Waals surface area contributed by atoms with Crippen molar-refractivity contribution in [2.24, 2.45) is 0 Å². The van der Waals surface area contributed by atoms with Crippen LogP contribution in [0, 0.1) is 0 Å². The van der Waals surface area contributed by atoms with Gasteiger partial charge in [0.15, 0.2) is 0 Å². The number of para-hydroxylation sites is 1. The first-order valence-corrected chi connectivity index (χ1v) is 8.74. The second-order valence-corrected chi connectivity index (χ2v) is 6.41. The fourth-order valence-electron chi connectivity index (χ4n) is 2.71. The van der Waals surface area contributed by atoms with E-state index in [9.17, 15) is 9.59 Å². The van der Waals surface area contributed by atoms with Gasteiger partial charge >= 0.3 is 0 Å². The van der Waals surface area contributed by atoms with Crippen LogP contribution in [0.3, 0.4) is 0 Å². The SMILES string of the molecule is CNC(=O)c1ccc(CN(C)c2cnn(-c3ccccc3)c(=O)c2Cl)cc1. The number of hydrogen-bond donors (Lipinski definition) is 1. The smallest absolute Gasteiger partial charge is 0.292 e. The number of aromatic nitrogens is 2. The van der Waals surface area contributed by atoms with E-state index in [-0.39, 0.29) is 16.5 Å². The maximum atomic E-state index is 12.6. The number of carbonyl (C=O) groups is 1. The first-order valence-electron chi connectivity index (χ1n) is 8.36. The van der Waals surface area contributed by atoms with E-state index in [0.29, 0.717) is 23.5 Å². The Morgan fingerprint density at radius 3 is 2.44 bits per heavy atom. The molecule has 27 heavy (non-hydrogen) atoms. The molecule has 0 saturated heterocycles. The van der Waals surface area contributed by atoms with E-state index in [1.54, 1.807) is 37.5 Å². The minimum atomic E-state index is -0.373. The third kappa shape index (κ3) is 4.01. The summed E-state index contributed by atoms with van der Waals surface area (Å²) < 4.78 is 1.28. The Hall–Kier alpha value is -3.12. The molecule has 0 bridgehead atoms. The molecule has 0 aliphatic rings. The van der Waals surface area contributed by atoms with Crippen LogP contribution in [0.1, 0.15) is 15.9 Å². The number of rotatable bonds is 5. The van der Waals surface area contributed by atoms with E-state index >= 15 is 0 Å². The zero-order valence-electron chi connectivity index (χ0n) is 15.0. The summed E-state index contributed by atoms with van der Waals surface area (Å²) in [6.45, 7) is 0.518. The van der Waals surface area contributed by atoms with Gasteiger partial charge < -0.3 is 10.2 Å². The maximum absolute atomic E-state index is 12.6. The summed E-state index contributed by atoms with van der Waals surface area (Å²) in [4.78, 5) is 26.1. The number of nitrogens with zero attached hydrogens (tertiary/aromatic N) is 3. The van der Waals surface area contributed by atoms with E-state index in [2.05, 4.69) is 10.4 Å². The Bertz CT molecular complexity index is 1000. The highest BCUT2D eigenvalue weighted by molar-refractivity contribution is 6.33. The number of amides is 1. The fourth-order valence-corrected chi connectivity index (χ4v) is 2.98. The van der Waals surface area contributed by atoms with Crippen LogP contribution in [0.25, 0.3) is 5.69 Å². The highest BCUT2D eigenvalue weighted by Crippen LogP contribution is 2.22. The first kappa shape index (κ1) is 18.7. The van der Waals surface area contributed by atoms with Crippen molar-refractivity contribution in [2.45, 2.75) is 6.54 Å². The van der Waals surface area contributed by atoms with Crippen LogP contribution in [0.2, 0.25) is 5.02 Å². The molecule has 0 aliphatic heterocycles. The molecular formula is C20H19ClN4O2. The molecule has 0 spiro atoms. The lowest BCUT2D eigenvalue weighted by Gasteiger charge is -2.20. The Morgan fingerprint density at radius 1 is 1.15 bits per heavy atom. The molecule has 0 atom stereocenters. The number of halogens is 1. The van der Waals surface area contributed by atoms with Crippen molar-refractivity contribution in [2.75, 3.05) is 19.0 Å². The molecule has 7 heteroatoms. The molecule has 0 fully saturated rings. The number of anilines is 1. The zero-order chi connectivity index (χ0) is 19.4. The summed E-state index contributed by atoms with van der Waals surface area (Å²) in [7, 11) is 3.43. The zero-order valence-corrected chi connectivity index (χ0v) is 15.8. The largest absolute Gasteiger partial charge is 0.368 e. The van der Waals surface area contributed by atoms with Gasteiger partial charge in [-0.15, -0.1) is 0 Å². The van der Waals surface area contributed by atoms with Gasteiger partial charge in [0.25, 0.3) is 11.5 Å². The Balaban J connectivity index is 1.83. The average molecular weight is 383 g/mol. The predicted molar refractivity (Wildman–Crippen MR) is 107 cm³/mol. The second-order valence-electron chi connectivity index (χ2n) is 6.03. The van der Waals surface area contributed by atoms with Crippen LogP contribution in [0.15, 0.2) is 65.6 Å². The molecule has 138 valence electrons. The quantitative estimate of drug-likeness (QED) is 0.736. The fraction of sp³-hybridized carbons (Fsp3) is 0.150. The van der Waals surface area contributed by atoms with Crippen molar-refractivity contribution in [1.29, 1.82) is 0 Å². The van der Waals surface area contributed by atoms with Gasteiger partial charge in [-0.3, -0.25) is 9.59 Å². The van der Waals surface area contributed by atoms with Gasteiger partial charge in [-0.05, 0) is 29.8 Å². The second kappa shape index (κ2) is 8.05. The van der Waals surface area contributed by atoms with Crippen LogP contribution >= 0.6 is 11.6 Å². The summed E-state index contributed by atoms with van der Waals surface area (Å²) >= 11 is 6.33. The highest BCUT2D eigenvalue weighted by Gasteiger charge is 2.14. The van der Waals surface area contributed by atoms with Crippen molar-refractivity contribution in [1.82, 2.24) is 15.1 Å². The molecule has 0 saturated carbocycles. The summed E-state index contributed by atoms with van der Waals surface area (Å²) in [6.07, 6.45) is 1.58. The molecule has 1 amide bonds. The number of carbonyl (C=O) groups excluding carboxylic acids is 1.